The van der Waals surface area contributed by atoms with Gasteiger partial charge in [0, 0.05) is 22.3 Å². The number of hydrogen-bond donors (Lipinski definition) is 1. The molecule has 154 valence electrons. The maximum absolute atomic E-state index is 12.3. The molecule has 4 aromatic rings. The van der Waals surface area contributed by atoms with Crippen molar-refractivity contribution in [3.05, 3.63) is 59.4 Å². The molecular formula is C21H21N5O4. The largest absolute Gasteiger partial charge is 0.459 e. The Morgan fingerprint density at radius 3 is 2.87 bits per heavy atom. The third-order valence-electron chi connectivity index (χ3n) is 4.92. The summed E-state index contributed by atoms with van der Waals surface area (Å²) < 4.78 is 12.5. The lowest BCUT2D eigenvalue weighted by atomic mass is 10.1. The molecule has 3 heterocycles. The quantitative estimate of drug-likeness (QED) is 0.489. The van der Waals surface area contributed by atoms with Crippen molar-refractivity contribution in [1.29, 1.82) is 0 Å². The zero-order valence-corrected chi connectivity index (χ0v) is 16.9. The molecule has 0 aliphatic heterocycles. The summed E-state index contributed by atoms with van der Waals surface area (Å²) in [5, 5.41) is 7.83. The Labute approximate surface area is 172 Å². The van der Waals surface area contributed by atoms with Crippen LogP contribution in [0, 0.1) is 13.8 Å². The van der Waals surface area contributed by atoms with Crippen LogP contribution in [0.1, 0.15) is 35.7 Å². The number of nitrogens with one attached hydrogen (secondary N) is 1. The van der Waals surface area contributed by atoms with E-state index in [0.29, 0.717) is 22.8 Å². The molecule has 0 spiro atoms. The fourth-order valence-corrected chi connectivity index (χ4v) is 3.32. The molecule has 1 atom stereocenters. The Bertz CT molecular complexity index is 1210. The molecule has 9 nitrogen and oxygen atoms in total. The third-order valence-corrected chi connectivity index (χ3v) is 4.92. The molecule has 1 N–H and O–H groups in total. The molecule has 0 saturated heterocycles. The van der Waals surface area contributed by atoms with Gasteiger partial charge in [-0.1, -0.05) is 18.2 Å². The van der Waals surface area contributed by atoms with Crippen LogP contribution in [0.2, 0.25) is 0 Å². The summed E-state index contributed by atoms with van der Waals surface area (Å²) in [6.07, 6.45) is 1.40. The minimum atomic E-state index is -0.519. The smallest absolute Gasteiger partial charge is 0.310 e. The predicted octanol–water partition coefficient (Wildman–Crippen LogP) is 2.45. The summed E-state index contributed by atoms with van der Waals surface area (Å²) in [7, 11) is 0. The SMILES string of the molecule is Cc1nc2ncnn2c(C)c1CC(=O)OCC(=O)N[C@H](C)c1cc2ccccc2o1. The van der Waals surface area contributed by atoms with E-state index < -0.39 is 11.9 Å². The lowest BCUT2D eigenvalue weighted by molar-refractivity contribution is -0.148. The van der Waals surface area contributed by atoms with Gasteiger partial charge in [-0.3, -0.25) is 9.59 Å². The van der Waals surface area contributed by atoms with Crippen molar-refractivity contribution in [2.75, 3.05) is 6.61 Å². The second kappa shape index (κ2) is 7.94. The van der Waals surface area contributed by atoms with Crippen LogP contribution in [0.3, 0.4) is 0 Å². The van der Waals surface area contributed by atoms with Crippen molar-refractivity contribution >= 4 is 28.6 Å². The summed E-state index contributed by atoms with van der Waals surface area (Å²) in [5.74, 6) is 0.180. The Morgan fingerprint density at radius 1 is 1.27 bits per heavy atom. The van der Waals surface area contributed by atoms with E-state index >= 15 is 0 Å². The first-order valence-corrected chi connectivity index (χ1v) is 9.51. The number of carbonyl (C=O) groups excluding carboxylic acids is 2. The van der Waals surface area contributed by atoms with Gasteiger partial charge in [-0.05, 0) is 32.9 Å². The van der Waals surface area contributed by atoms with Crippen molar-refractivity contribution in [3.63, 3.8) is 0 Å². The zero-order valence-electron chi connectivity index (χ0n) is 16.9. The van der Waals surface area contributed by atoms with E-state index in [4.69, 9.17) is 9.15 Å². The van der Waals surface area contributed by atoms with E-state index in [1.807, 2.05) is 44.2 Å². The van der Waals surface area contributed by atoms with Gasteiger partial charge in [0.2, 0.25) is 0 Å². The Kier molecular flexibility index (Phi) is 5.18. The summed E-state index contributed by atoms with van der Waals surface area (Å²) >= 11 is 0. The van der Waals surface area contributed by atoms with Gasteiger partial charge < -0.3 is 14.5 Å². The van der Waals surface area contributed by atoms with Crippen LogP contribution in [0.25, 0.3) is 16.7 Å². The Balaban J connectivity index is 1.34. The molecule has 0 aliphatic carbocycles. The average molecular weight is 407 g/mol. The Morgan fingerprint density at radius 2 is 2.07 bits per heavy atom. The normalized spacial score (nSPS) is 12.2. The van der Waals surface area contributed by atoms with Crippen LogP contribution < -0.4 is 5.32 Å². The van der Waals surface area contributed by atoms with E-state index in [1.54, 1.807) is 11.4 Å². The molecule has 0 unspecified atom stereocenters. The molecule has 30 heavy (non-hydrogen) atoms. The molecule has 3 aromatic heterocycles. The van der Waals surface area contributed by atoms with Crippen molar-refractivity contribution in [2.24, 2.45) is 0 Å². The number of para-hydroxylation sites is 1. The molecular weight excluding hydrogens is 386 g/mol. The summed E-state index contributed by atoms with van der Waals surface area (Å²) in [5.41, 5.74) is 2.89. The minimum absolute atomic E-state index is 0.00707. The molecule has 0 aliphatic rings. The fraction of sp³-hybridized carbons (Fsp3) is 0.286. The number of amides is 1. The molecule has 0 radical (unpaired) electrons. The second-order valence-electron chi connectivity index (χ2n) is 7.05. The number of carbonyl (C=O) groups is 2. The van der Waals surface area contributed by atoms with Crippen LogP contribution in [0.4, 0.5) is 0 Å². The number of hydrogen-bond acceptors (Lipinski definition) is 7. The van der Waals surface area contributed by atoms with Gasteiger partial charge in [0.15, 0.2) is 6.61 Å². The highest BCUT2D eigenvalue weighted by atomic mass is 16.5. The number of nitrogens with zero attached hydrogens (tertiary/aromatic N) is 4. The number of fused-ring (bicyclic) bond motifs is 2. The summed E-state index contributed by atoms with van der Waals surface area (Å²) in [6.45, 7) is 5.07. The molecule has 0 bridgehead atoms. The van der Waals surface area contributed by atoms with Gasteiger partial charge in [0.25, 0.3) is 11.7 Å². The van der Waals surface area contributed by atoms with E-state index in [-0.39, 0.29) is 19.1 Å². The van der Waals surface area contributed by atoms with Crippen LogP contribution in [-0.2, 0) is 20.7 Å². The van der Waals surface area contributed by atoms with E-state index in [2.05, 4.69) is 20.4 Å². The lowest BCUT2D eigenvalue weighted by Crippen LogP contribution is -2.31. The number of aromatic nitrogens is 4. The number of furan rings is 1. The molecule has 0 saturated carbocycles. The van der Waals surface area contributed by atoms with Crippen molar-refractivity contribution in [1.82, 2.24) is 24.9 Å². The lowest BCUT2D eigenvalue weighted by Gasteiger charge is -2.12. The Hall–Kier alpha value is -3.75. The molecule has 4 rings (SSSR count). The predicted molar refractivity (Wildman–Crippen MR) is 108 cm³/mol. The third kappa shape index (κ3) is 3.86. The van der Waals surface area contributed by atoms with Gasteiger partial charge in [0.1, 0.15) is 17.7 Å². The van der Waals surface area contributed by atoms with Crippen molar-refractivity contribution < 1.29 is 18.7 Å². The van der Waals surface area contributed by atoms with E-state index in [0.717, 1.165) is 16.7 Å². The summed E-state index contributed by atoms with van der Waals surface area (Å²) in [6, 6.07) is 9.14. The van der Waals surface area contributed by atoms with Crippen molar-refractivity contribution in [2.45, 2.75) is 33.2 Å². The van der Waals surface area contributed by atoms with Crippen LogP contribution >= 0.6 is 0 Å². The van der Waals surface area contributed by atoms with Crippen LogP contribution in [0.15, 0.2) is 41.1 Å². The standard InChI is InChI=1S/C21H21N5O4/c1-12-16(14(3)26-21(25-12)22-11-23-26)9-20(28)29-10-19(27)24-13(2)18-8-15-6-4-5-7-17(15)30-18/h4-8,11,13H,9-10H2,1-3H3,(H,24,27)/t13-/m1/s1. The van der Waals surface area contributed by atoms with Gasteiger partial charge >= 0.3 is 5.97 Å². The summed E-state index contributed by atoms with van der Waals surface area (Å²) in [4.78, 5) is 32.9. The average Bonchev–Trinajstić information content (AvgIpc) is 3.36. The van der Waals surface area contributed by atoms with E-state index in [9.17, 15) is 9.59 Å². The number of benzene rings is 1. The number of aryl methyl sites for hydroxylation is 2. The molecule has 1 amide bonds. The highest BCUT2D eigenvalue weighted by Gasteiger charge is 2.18. The van der Waals surface area contributed by atoms with Gasteiger partial charge in [-0.2, -0.15) is 10.1 Å². The van der Waals surface area contributed by atoms with E-state index in [1.165, 1.54) is 6.33 Å². The van der Waals surface area contributed by atoms with Gasteiger partial charge in [0.05, 0.1) is 12.5 Å². The first-order chi connectivity index (χ1) is 14.4. The van der Waals surface area contributed by atoms with Crippen molar-refractivity contribution in [3.8, 4) is 0 Å². The topological polar surface area (TPSA) is 112 Å². The van der Waals surface area contributed by atoms with Crippen LogP contribution in [-0.4, -0.2) is 38.1 Å². The highest BCUT2D eigenvalue weighted by molar-refractivity contribution is 5.82. The number of esters is 1. The minimum Gasteiger partial charge on any atom is -0.459 e. The molecule has 1 aromatic carbocycles. The molecule has 0 fully saturated rings. The maximum Gasteiger partial charge on any atom is 0.310 e. The molecule has 9 heteroatoms. The van der Waals surface area contributed by atoms with Crippen LogP contribution in [0.5, 0.6) is 0 Å². The maximum atomic E-state index is 12.3. The first-order valence-electron chi connectivity index (χ1n) is 9.51. The van der Waals surface area contributed by atoms with Gasteiger partial charge in [-0.25, -0.2) is 9.50 Å². The zero-order chi connectivity index (χ0) is 21.3. The monoisotopic (exact) mass is 407 g/mol. The second-order valence-corrected chi connectivity index (χ2v) is 7.05. The fourth-order valence-electron chi connectivity index (χ4n) is 3.32. The van der Waals surface area contributed by atoms with Gasteiger partial charge in [-0.15, -0.1) is 0 Å². The number of ether oxygens (including phenoxy) is 1. The highest BCUT2D eigenvalue weighted by Crippen LogP contribution is 2.23. The first kappa shape index (κ1) is 19.6. The number of rotatable bonds is 6.